The summed E-state index contributed by atoms with van der Waals surface area (Å²) >= 11 is 0. The van der Waals surface area contributed by atoms with E-state index in [1.807, 2.05) is 30.9 Å². The number of allylic oxidation sites excluding steroid dienone is 2. The number of aromatic amines is 1. The number of fused-ring (bicyclic) bond motifs is 3. The standard InChI is InChI=1S/C23H25N7O/c1-23(2,31)14-29-13-16(11-27-29)22-28-19-12-26-21-18(8-10-25-21)20(19)30(22)17-5-3-15(4-6-17)7-9-24/h7-8,10-13,17,31H,3-6,14H2,1-2H3,(H,25,26). The van der Waals surface area contributed by atoms with Crippen molar-refractivity contribution in [2.45, 2.75) is 57.7 Å². The van der Waals surface area contributed by atoms with Crippen LogP contribution < -0.4 is 0 Å². The predicted octanol–water partition coefficient (Wildman–Crippen LogP) is 4.11. The fourth-order valence-corrected chi connectivity index (χ4v) is 4.58. The third kappa shape index (κ3) is 3.62. The SMILES string of the molecule is CC(C)(O)Cn1cc(-c2nc3cnc4[nH]ccc4c3n2C2CCC(=CC#N)CC2)cn1. The van der Waals surface area contributed by atoms with Crippen LogP contribution in [0.15, 0.2) is 42.5 Å². The zero-order valence-corrected chi connectivity index (χ0v) is 17.7. The number of aromatic nitrogens is 6. The summed E-state index contributed by atoms with van der Waals surface area (Å²) in [5, 5.41) is 24.7. The van der Waals surface area contributed by atoms with Crippen LogP contribution in [0.1, 0.15) is 45.6 Å². The second-order valence-electron chi connectivity index (χ2n) is 8.94. The number of hydrogen-bond donors (Lipinski definition) is 2. The lowest BCUT2D eigenvalue weighted by Crippen LogP contribution is -2.26. The molecule has 1 aliphatic rings. The van der Waals surface area contributed by atoms with E-state index in [0.717, 1.165) is 59.1 Å². The molecule has 5 rings (SSSR count). The summed E-state index contributed by atoms with van der Waals surface area (Å²) in [4.78, 5) is 12.7. The Balaban J connectivity index is 1.64. The van der Waals surface area contributed by atoms with E-state index >= 15 is 0 Å². The average Bonchev–Trinajstić information content (AvgIpc) is 3.44. The van der Waals surface area contributed by atoms with E-state index in [1.54, 1.807) is 24.6 Å². The van der Waals surface area contributed by atoms with E-state index < -0.39 is 5.60 Å². The van der Waals surface area contributed by atoms with Crippen LogP contribution in [0.5, 0.6) is 0 Å². The van der Waals surface area contributed by atoms with Gasteiger partial charge in [-0.2, -0.15) is 10.4 Å². The first-order valence-electron chi connectivity index (χ1n) is 10.6. The Morgan fingerprint density at radius 3 is 2.87 bits per heavy atom. The zero-order valence-electron chi connectivity index (χ0n) is 17.7. The minimum Gasteiger partial charge on any atom is -0.389 e. The topological polar surface area (TPSA) is 108 Å². The minimum absolute atomic E-state index is 0.272. The van der Waals surface area contributed by atoms with Gasteiger partial charge in [0, 0.05) is 29.9 Å². The van der Waals surface area contributed by atoms with Crippen molar-refractivity contribution in [1.82, 2.24) is 29.3 Å². The molecule has 0 atom stereocenters. The quantitative estimate of drug-likeness (QED) is 0.488. The Labute approximate surface area is 179 Å². The number of aliphatic hydroxyl groups is 1. The van der Waals surface area contributed by atoms with Gasteiger partial charge in [0.2, 0.25) is 0 Å². The molecule has 31 heavy (non-hydrogen) atoms. The van der Waals surface area contributed by atoms with Gasteiger partial charge in [-0.3, -0.25) is 4.68 Å². The molecule has 0 bridgehead atoms. The van der Waals surface area contributed by atoms with Crippen molar-refractivity contribution in [3.8, 4) is 17.5 Å². The highest BCUT2D eigenvalue weighted by Crippen LogP contribution is 2.39. The molecule has 2 N–H and O–H groups in total. The van der Waals surface area contributed by atoms with Gasteiger partial charge in [0.1, 0.15) is 17.0 Å². The van der Waals surface area contributed by atoms with Crippen molar-refractivity contribution in [3.63, 3.8) is 0 Å². The highest BCUT2D eigenvalue weighted by molar-refractivity contribution is 6.02. The number of nitrogens with one attached hydrogen (secondary N) is 1. The fraction of sp³-hybridized carbons (Fsp3) is 0.391. The van der Waals surface area contributed by atoms with E-state index in [0.29, 0.717) is 6.54 Å². The van der Waals surface area contributed by atoms with E-state index in [-0.39, 0.29) is 6.04 Å². The normalized spacial score (nSPS) is 17.4. The summed E-state index contributed by atoms with van der Waals surface area (Å²) in [6.07, 6.45) is 12.9. The van der Waals surface area contributed by atoms with Crippen molar-refractivity contribution in [1.29, 1.82) is 5.26 Å². The average molecular weight is 416 g/mol. The van der Waals surface area contributed by atoms with Crippen molar-refractivity contribution < 1.29 is 5.11 Å². The molecule has 1 fully saturated rings. The van der Waals surface area contributed by atoms with Crippen molar-refractivity contribution in [2.24, 2.45) is 0 Å². The molecule has 158 valence electrons. The van der Waals surface area contributed by atoms with Crippen LogP contribution in [-0.2, 0) is 6.54 Å². The summed E-state index contributed by atoms with van der Waals surface area (Å²) < 4.78 is 4.10. The van der Waals surface area contributed by atoms with E-state index in [9.17, 15) is 5.11 Å². The van der Waals surface area contributed by atoms with Crippen molar-refractivity contribution >= 4 is 22.1 Å². The number of hydrogen-bond acceptors (Lipinski definition) is 5. The van der Waals surface area contributed by atoms with Gasteiger partial charge in [-0.05, 0) is 45.6 Å². The summed E-state index contributed by atoms with van der Waals surface area (Å²) in [5.41, 5.74) is 4.07. The molecular weight excluding hydrogens is 390 g/mol. The summed E-state index contributed by atoms with van der Waals surface area (Å²) in [5.74, 6) is 0.866. The van der Waals surface area contributed by atoms with E-state index in [4.69, 9.17) is 10.2 Å². The fourth-order valence-electron chi connectivity index (χ4n) is 4.58. The molecule has 1 saturated carbocycles. The first-order chi connectivity index (χ1) is 14.9. The molecule has 0 saturated heterocycles. The molecule has 8 heteroatoms. The van der Waals surface area contributed by atoms with Crippen LogP contribution in [0.2, 0.25) is 0 Å². The number of nitrogens with zero attached hydrogens (tertiary/aromatic N) is 6. The Morgan fingerprint density at radius 2 is 2.13 bits per heavy atom. The molecule has 0 amide bonds. The molecular formula is C23H25N7O. The van der Waals surface area contributed by atoms with E-state index in [1.165, 1.54) is 5.57 Å². The monoisotopic (exact) mass is 415 g/mol. The van der Waals surface area contributed by atoms with Crippen LogP contribution in [0.4, 0.5) is 0 Å². The molecule has 4 aromatic rings. The molecule has 0 aliphatic heterocycles. The Hall–Kier alpha value is -3.44. The van der Waals surface area contributed by atoms with Crippen molar-refractivity contribution in [3.05, 3.63) is 42.5 Å². The lowest BCUT2D eigenvalue weighted by molar-refractivity contribution is 0.0577. The zero-order chi connectivity index (χ0) is 21.6. The number of nitriles is 1. The molecule has 0 unspecified atom stereocenters. The van der Waals surface area contributed by atoms with Gasteiger partial charge in [0.15, 0.2) is 0 Å². The molecule has 0 radical (unpaired) electrons. The molecule has 4 heterocycles. The molecule has 4 aromatic heterocycles. The van der Waals surface area contributed by atoms with Crippen LogP contribution in [0.25, 0.3) is 33.5 Å². The second kappa shape index (κ2) is 7.36. The van der Waals surface area contributed by atoms with Crippen LogP contribution in [-0.4, -0.2) is 40.0 Å². The smallest absolute Gasteiger partial charge is 0.144 e. The van der Waals surface area contributed by atoms with Gasteiger partial charge in [0.05, 0.1) is 41.7 Å². The summed E-state index contributed by atoms with van der Waals surface area (Å²) in [7, 11) is 0. The molecule has 0 aromatic carbocycles. The van der Waals surface area contributed by atoms with Gasteiger partial charge >= 0.3 is 0 Å². The maximum Gasteiger partial charge on any atom is 0.144 e. The highest BCUT2D eigenvalue weighted by atomic mass is 16.3. The first kappa shape index (κ1) is 19.5. The van der Waals surface area contributed by atoms with Gasteiger partial charge in [-0.15, -0.1) is 0 Å². The second-order valence-corrected chi connectivity index (χ2v) is 8.94. The Kier molecular flexibility index (Phi) is 4.63. The van der Waals surface area contributed by atoms with Gasteiger partial charge in [-0.1, -0.05) is 5.57 Å². The van der Waals surface area contributed by atoms with Crippen LogP contribution >= 0.6 is 0 Å². The lowest BCUT2D eigenvalue weighted by atomic mass is 9.90. The van der Waals surface area contributed by atoms with Crippen molar-refractivity contribution in [2.75, 3.05) is 0 Å². The maximum absolute atomic E-state index is 10.2. The third-order valence-electron chi connectivity index (χ3n) is 5.91. The number of pyridine rings is 1. The number of imidazole rings is 1. The molecule has 1 aliphatic carbocycles. The molecule has 8 nitrogen and oxygen atoms in total. The van der Waals surface area contributed by atoms with Gasteiger partial charge in [-0.25, -0.2) is 9.97 Å². The Bertz CT molecular complexity index is 1320. The lowest BCUT2D eigenvalue weighted by Gasteiger charge is -2.27. The van der Waals surface area contributed by atoms with Gasteiger partial charge < -0.3 is 14.7 Å². The molecule has 0 spiro atoms. The third-order valence-corrected chi connectivity index (χ3v) is 5.91. The van der Waals surface area contributed by atoms with Crippen LogP contribution in [0.3, 0.4) is 0 Å². The predicted molar refractivity (Wildman–Crippen MR) is 118 cm³/mol. The first-order valence-corrected chi connectivity index (χ1v) is 10.6. The van der Waals surface area contributed by atoms with E-state index in [2.05, 4.69) is 25.7 Å². The summed E-state index contributed by atoms with van der Waals surface area (Å²) in [6.45, 7) is 3.95. The highest BCUT2D eigenvalue weighted by Gasteiger charge is 2.26. The maximum atomic E-state index is 10.2. The summed E-state index contributed by atoms with van der Waals surface area (Å²) in [6, 6.07) is 4.49. The van der Waals surface area contributed by atoms with Gasteiger partial charge in [0.25, 0.3) is 0 Å². The minimum atomic E-state index is -0.850. The number of rotatable bonds is 4. The van der Waals surface area contributed by atoms with Crippen LogP contribution in [0, 0.1) is 11.3 Å². The largest absolute Gasteiger partial charge is 0.389 e. The Morgan fingerprint density at radius 1 is 1.32 bits per heavy atom. The number of H-pyrrole nitrogens is 1.